The minimum Gasteiger partial charge on any atom is -0.508 e. The van der Waals surface area contributed by atoms with Gasteiger partial charge in [-0.2, -0.15) is 4.31 Å². The summed E-state index contributed by atoms with van der Waals surface area (Å²) in [5.74, 6) is -0.714. The molecule has 0 saturated carbocycles. The average Bonchev–Trinajstić information content (AvgIpc) is 2.92. The first-order valence-corrected chi connectivity index (χ1v) is 8.94. The molecule has 24 heavy (non-hydrogen) atoms. The first kappa shape index (κ1) is 16.5. The number of aldehydes is 1. The third-order valence-corrected chi connectivity index (χ3v) is 6.08. The number of nitrogens with zero attached hydrogens (tertiary/aromatic N) is 1. The normalized spacial score (nSPS) is 17.6. The number of carbonyl (C=O) groups is 1. The highest BCUT2D eigenvalue weighted by atomic mass is 32.2. The third kappa shape index (κ3) is 2.76. The minimum atomic E-state index is -3.98. The fraction of sp³-hybridized carbons (Fsp3) is 0.235. The predicted molar refractivity (Wildman–Crippen MR) is 87.0 cm³/mol. The fourth-order valence-corrected chi connectivity index (χ4v) is 4.74. The van der Waals surface area contributed by atoms with Crippen LogP contribution in [0.3, 0.4) is 0 Å². The Hall–Kier alpha value is -2.38. The Bertz CT molecular complexity index is 878. The van der Waals surface area contributed by atoms with Gasteiger partial charge in [0.05, 0.1) is 6.04 Å². The molecule has 0 bridgehead atoms. The lowest BCUT2D eigenvalue weighted by Crippen LogP contribution is -2.30. The highest BCUT2D eigenvalue weighted by Crippen LogP contribution is 2.42. The number of phenols is 2. The summed E-state index contributed by atoms with van der Waals surface area (Å²) in [6.45, 7) is 0.183. The van der Waals surface area contributed by atoms with E-state index in [1.54, 1.807) is 0 Å². The molecule has 0 spiro atoms. The summed E-state index contributed by atoms with van der Waals surface area (Å²) in [6.07, 6.45) is 1.38. The number of fused-ring (bicyclic) bond motifs is 1. The van der Waals surface area contributed by atoms with Crippen LogP contribution in [-0.2, 0) is 21.4 Å². The molecule has 7 heteroatoms. The molecule has 0 radical (unpaired) electrons. The smallest absolute Gasteiger partial charge is 0.247 e. The zero-order valence-corrected chi connectivity index (χ0v) is 13.6. The van der Waals surface area contributed by atoms with Crippen molar-refractivity contribution >= 4 is 16.3 Å². The van der Waals surface area contributed by atoms with Crippen LogP contribution in [0.25, 0.3) is 0 Å². The first-order valence-electron chi connectivity index (χ1n) is 7.50. The number of carbonyl (C=O) groups excluding carboxylic acids is 1. The number of sulfonamides is 1. The molecule has 1 atom stereocenters. The van der Waals surface area contributed by atoms with Gasteiger partial charge in [-0.05, 0) is 29.7 Å². The number of rotatable bonds is 5. The highest BCUT2D eigenvalue weighted by Gasteiger charge is 2.39. The van der Waals surface area contributed by atoms with E-state index in [2.05, 4.69) is 0 Å². The van der Waals surface area contributed by atoms with Crippen molar-refractivity contribution in [3.63, 3.8) is 0 Å². The zero-order valence-electron chi connectivity index (χ0n) is 12.8. The molecule has 2 aromatic rings. The van der Waals surface area contributed by atoms with Gasteiger partial charge in [-0.15, -0.1) is 0 Å². The van der Waals surface area contributed by atoms with Crippen molar-refractivity contribution in [1.29, 1.82) is 0 Å². The van der Waals surface area contributed by atoms with Gasteiger partial charge in [0.15, 0.2) is 0 Å². The monoisotopic (exact) mass is 347 g/mol. The maximum absolute atomic E-state index is 13.0. The Balaban J connectivity index is 2.05. The van der Waals surface area contributed by atoms with Crippen LogP contribution in [0.15, 0.2) is 47.4 Å². The van der Waals surface area contributed by atoms with Crippen molar-refractivity contribution in [2.24, 2.45) is 0 Å². The van der Waals surface area contributed by atoms with E-state index in [4.69, 9.17) is 0 Å². The number of phenolic OH excluding ortho intramolecular Hbond substituents is 2. The van der Waals surface area contributed by atoms with Gasteiger partial charge in [0.1, 0.15) is 22.7 Å². The Morgan fingerprint density at radius 1 is 1.17 bits per heavy atom. The Labute approximate surface area is 140 Å². The molecule has 0 aromatic heterocycles. The van der Waals surface area contributed by atoms with E-state index in [0.29, 0.717) is 6.42 Å². The SMILES string of the molecule is O=CCCC1c2ccccc2CN1S(=O)(=O)c1ccc(O)cc1O. The largest absolute Gasteiger partial charge is 0.508 e. The van der Waals surface area contributed by atoms with Gasteiger partial charge in [0.2, 0.25) is 10.0 Å². The number of aromatic hydroxyl groups is 2. The lowest BCUT2D eigenvalue weighted by atomic mass is 10.0. The van der Waals surface area contributed by atoms with Crippen LogP contribution >= 0.6 is 0 Å². The van der Waals surface area contributed by atoms with E-state index in [0.717, 1.165) is 23.5 Å². The number of hydrogen-bond donors (Lipinski definition) is 2. The van der Waals surface area contributed by atoms with Crippen LogP contribution in [0.1, 0.15) is 30.0 Å². The molecular weight excluding hydrogens is 330 g/mol. The van der Waals surface area contributed by atoms with Crippen LogP contribution in [0.5, 0.6) is 11.5 Å². The molecule has 0 aliphatic carbocycles. The van der Waals surface area contributed by atoms with Gasteiger partial charge < -0.3 is 15.0 Å². The van der Waals surface area contributed by atoms with E-state index < -0.39 is 21.8 Å². The van der Waals surface area contributed by atoms with E-state index in [-0.39, 0.29) is 23.6 Å². The summed E-state index contributed by atoms with van der Waals surface area (Å²) >= 11 is 0. The molecule has 0 amide bonds. The quantitative estimate of drug-likeness (QED) is 0.810. The lowest BCUT2D eigenvalue weighted by Gasteiger charge is -2.24. The summed E-state index contributed by atoms with van der Waals surface area (Å²) in [4.78, 5) is 10.5. The Morgan fingerprint density at radius 3 is 2.62 bits per heavy atom. The minimum absolute atomic E-state index is 0.183. The summed E-state index contributed by atoms with van der Waals surface area (Å²) in [5, 5.41) is 19.3. The van der Waals surface area contributed by atoms with Gasteiger partial charge in [-0.25, -0.2) is 8.42 Å². The van der Waals surface area contributed by atoms with E-state index in [1.165, 1.54) is 16.4 Å². The zero-order chi connectivity index (χ0) is 17.3. The van der Waals surface area contributed by atoms with E-state index in [9.17, 15) is 23.4 Å². The van der Waals surface area contributed by atoms with Gasteiger partial charge in [-0.3, -0.25) is 0 Å². The fourth-order valence-electron chi connectivity index (χ4n) is 3.06. The van der Waals surface area contributed by atoms with Gasteiger partial charge in [0.25, 0.3) is 0 Å². The summed E-state index contributed by atoms with van der Waals surface area (Å²) in [5.41, 5.74) is 1.76. The van der Waals surface area contributed by atoms with Crippen LogP contribution in [0.2, 0.25) is 0 Å². The van der Waals surface area contributed by atoms with Crippen molar-refractivity contribution in [3.05, 3.63) is 53.6 Å². The molecule has 3 rings (SSSR count). The van der Waals surface area contributed by atoms with Crippen molar-refractivity contribution in [2.75, 3.05) is 0 Å². The van der Waals surface area contributed by atoms with Crippen molar-refractivity contribution in [2.45, 2.75) is 30.3 Å². The lowest BCUT2D eigenvalue weighted by molar-refractivity contribution is -0.108. The van der Waals surface area contributed by atoms with Gasteiger partial charge in [-0.1, -0.05) is 24.3 Å². The maximum Gasteiger partial charge on any atom is 0.247 e. The summed E-state index contributed by atoms with van der Waals surface area (Å²) in [7, 11) is -3.98. The van der Waals surface area contributed by atoms with E-state index >= 15 is 0 Å². The molecule has 126 valence electrons. The van der Waals surface area contributed by atoms with Crippen molar-refractivity contribution < 1.29 is 23.4 Å². The number of hydrogen-bond acceptors (Lipinski definition) is 5. The third-order valence-electron chi connectivity index (χ3n) is 4.18. The second-order valence-electron chi connectivity index (χ2n) is 5.66. The highest BCUT2D eigenvalue weighted by molar-refractivity contribution is 7.89. The molecule has 1 aliphatic rings. The topological polar surface area (TPSA) is 94.9 Å². The van der Waals surface area contributed by atoms with Crippen molar-refractivity contribution in [3.8, 4) is 11.5 Å². The van der Waals surface area contributed by atoms with Crippen LogP contribution in [-0.4, -0.2) is 29.2 Å². The molecule has 2 aromatic carbocycles. The average molecular weight is 347 g/mol. The Morgan fingerprint density at radius 2 is 1.92 bits per heavy atom. The second-order valence-corrected chi connectivity index (χ2v) is 7.52. The van der Waals surface area contributed by atoms with Crippen molar-refractivity contribution in [1.82, 2.24) is 4.31 Å². The maximum atomic E-state index is 13.0. The van der Waals surface area contributed by atoms with Crippen LogP contribution in [0, 0.1) is 0 Å². The van der Waals surface area contributed by atoms with Gasteiger partial charge in [0, 0.05) is 19.0 Å². The predicted octanol–water partition coefficient (Wildman–Crippen LogP) is 2.32. The molecule has 6 nitrogen and oxygen atoms in total. The molecular formula is C17H17NO5S. The molecule has 0 saturated heterocycles. The molecule has 1 heterocycles. The van der Waals surface area contributed by atoms with Crippen LogP contribution in [0.4, 0.5) is 0 Å². The standard InChI is InChI=1S/C17H17NO5S/c19-9-3-6-15-14-5-2-1-4-12(14)11-18(15)24(22,23)17-8-7-13(20)10-16(17)21/h1-2,4-5,7-10,15,20-21H,3,6,11H2. The molecule has 0 fully saturated rings. The number of benzene rings is 2. The Kier molecular flexibility index (Phi) is 4.29. The first-order chi connectivity index (χ1) is 11.4. The summed E-state index contributed by atoms with van der Waals surface area (Å²) < 4.78 is 27.3. The second kappa shape index (κ2) is 6.26. The summed E-state index contributed by atoms with van der Waals surface area (Å²) in [6, 6.07) is 10.3. The van der Waals surface area contributed by atoms with E-state index in [1.807, 2.05) is 24.3 Å². The molecule has 1 aliphatic heterocycles. The molecule has 2 N–H and O–H groups in total. The molecule has 1 unspecified atom stereocenters. The van der Waals surface area contributed by atoms with Gasteiger partial charge >= 0.3 is 0 Å². The van der Waals surface area contributed by atoms with Crippen LogP contribution < -0.4 is 0 Å².